The molecule has 1 aliphatic carbocycles. The molecule has 0 bridgehead atoms. The van der Waals surface area contributed by atoms with Gasteiger partial charge >= 0.3 is 0 Å². The van der Waals surface area contributed by atoms with E-state index in [-0.39, 0.29) is 12.0 Å². The molecule has 0 radical (unpaired) electrons. The monoisotopic (exact) mass is 283 g/mol. The van der Waals surface area contributed by atoms with Crippen LogP contribution in [0.15, 0.2) is 0 Å². The van der Waals surface area contributed by atoms with Gasteiger partial charge in [-0.15, -0.1) is 0 Å². The second-order valence-electron chi connectivity index (χ2n) is 6.52. The van der Waals surface area contributed by atoms with Gasteiger partial charge < -0.3 is 15.4 Å². The van der Waals surface area contributed by atoms with Gasteiger partial charge in [-0.2, -0.15) is 0 Å². The number of hydrogen-bond donors (Lipinski definition) is 2. The number of morpholine rings is 1. The van der Waals surface area contributed by atoms with Gasteiger partial charge in [-0.05, 0) is 31.2 Å². The van der Waals surface area contributed by atoms with Crippen LogP contribution in [0.1, 0.15) is 26.7 Å². The summed E-state index contributed by atoms with van der Waals surface area (Å²) in [4.78, 5) is 14.1. The molecule has 5 heteroatoms. The zero-order chi connectivity index (χ0) is 14.4. The SMILES string of the molecule is CC(C)CN1CCOC(CNC(=O)CNCC2CC2)C1. The Balaban J connectivity index is 1.56. The highest BCUT2D eigenvalue weighted by Gasteiger charge is 2.22. The van der Waals surface area contributed by atoms with E-state index >= 15 is 0 Å². The molecule has 1 amide bonds. The first-order valence-electron chi connectivity index (χ1n) is 7.95. The summed E-state index contributed by atoms with van der Waals surface area (Å²) in [5, 5.41) is 6.17. The van der Waals surface area contributed by atoms with Gasteiger partial charge in [0.15, 0.2) is 0 Å². The molecule has 1 unspecified atom stereocenters. The second-order valence-corrected chi connectivity index (χ2v) is 6.52. The molecule has 0 aromatic heterocycles. The Morgan fingerprint density at radius 2 is 2.15 bits per heavy atom. The third kappa shape index (κ3) is 6.20. The van der Waals surface area contributed by atoms with Crippen LogP contribution in [0.4, 0.5) is 0 Å². The predicted octanol–water partition coefficient (Wildman–Crippen LogP) is 0.459. The minimum Gasteiger partial charge on any atom is -0.374 e. The lowest BCUT2D eigenvalue weighted by atomic mass is 10.2. The third-order valence-electron chi connectivity index (χ3n) is 3.79. The topological polar surface area (TPSA) is 53.6 Å². The molecule has 2 N–H and O–H groups in total. The van der Waals surface area contributed by atoms with Gasteiger partial charge in [-0.1, -0.05) is 13.8 Å². The first-order chi connectivity index (χ1) is 9.63. The molecular formula is C15H29N3O2. The number of carbonyl (C=O) groups excluding carboxylic acids is 1. The average Bonchev–Trinajstić information content (AvgIpc) is 3.20. The first kappa shape index (κ1) is 15.7. The highest BCUT2D eigenvalue weighted by molar-refractivity contribution is 5.77. The zero-order valence-corrected chi connectivity index (χ0v) is 12.9. The molecule has 2 aliphatic rings. The van der Waals surface area contributed by atoms with Gasteiger partial charge in [-0.3, -0.25) is 9.69 Å². The second kappa shape index (κ2) is 7.96. The maximum absolute atomic E-state index is 11.7. The van der Waals surface area contributed by atoms with Crippen molar-refractivity contribution in [1.82, 2.24) is 15.5 Å². The Bertz CT molecular complexity index is 305. The lowest BCUT2D eigenvalue weighted by Crippen LogP contribution is -2.49. The molecule has 1 saturated carbocycles. The molecule has 2 rings (SSSR count). The van der Waals surface area contributed by atoms with Crippen LogP contribution in [0, 0.1) is 11.8 Å². The summed E-state index contributed by atoms with van der Waals surface area (Å²) >= 11 is 0. The lowest BCUT2D eigenvalue weighted by molar-refractivity contribution is -0.121. The fourth-order valence-electron chi connectivity index (χ4n) is 2.59. The van der Waals surface area contributed by atoms with E-state index in [0.29, 0.717) is 19.0 Å². The number of rotatable bonds is 8. The standard InChI is InChI=1S/C15H29N3O2/c1-12(2)10-18-5-6-20-14(11-18)8-17-15(19)9-16-7-13-3-4-13/h12-14,16H,3-11H2,1-2H3,(H,17,19). The Hall–Kier alpha value is -0.650. The van der Waals surface area contributed by atoms with Crippen molar-refractivity contribution < 1.29 is 9.53 Å². The lowest BCUT2D eigenvalue weighted by Gasteiger charge is -2.33. The number of ether oxygens (including phenoxy) is 1. The van der Waals surface area contributed by atoms with Crippen LogP contribution in [0.25, 0.3) is 0 Å². The molecule has 2 fully saturated rings. The predicted molar refractivity (Wildman–Crippen MR) is 79.6 cm³/mol. The van der Waals surface area contributed by atoms with Crippen LogP contribution in [-0.2, 0) is 9.53 Å². The number of hydrogen-bond acceptors (Lipinski definition) is 4. The summed E-state index contributed by atoms with van der Waals surface area (Å²) in [5.41, 5.74) is 0. The van der Waals surface area contributed by atoms with Crippen molar-refractivity contribution in [3.8, 4) is 0 Å². The van der Waals surface area contributed by atoms with E-state index in [2.05, 4.69) is 29.4 Å². The van der Waals surface area contributed by atoms with Crippen LogP contribution in [0.3, 0.4) is 0 Å². The van der Waals surface area contributed by atoms with E-state index in [0.717, 1.165) is 38.7 Å². The van der Waals surface area contributed by atoms with E-state index in [1.807, 2.05) is 0 Å². The van der Waals surface area contributed by atoms with E-state index in [9.17, 15) is 4.79 Å². The minimum atomic E-state index is 0.0789. The van der Waals surface area contributed by atoms with Crippen LogP contribution in [0.2, 0.25) is 0 Å². The number of amides is 1. The van der Waals surface area contributed by atoms with Crippen molar-refractivity contribution in [3.63, 3.8) is 0 Å². The highest BCUT2D eigenvalue weighted by atomic mass is 16.5. The molecule has 1 saturated heterocycles. The Labute approximate surface area is 122 Å². The van der Waals surface area contributed by atoms with Crippen molar-refractivity contribution in [2.24, 2.45) is 11.8 Å². The van der Waals surface area contributed by atoms with Crippen LogP contribution in [-0.4, -0.2) is 62.8 Å². The Morgan fingerprint density at radius 1 is 1.35 bits per heavy atom. The van der Waals surface area contributed by atoms with Crippen LogP contribution < -0.4 is 10.6 Å². The van der Waals surface area contributed by atoms with Gasteiger partial charge in [0.25, 0.3) is 0 Å². The number of nitrogens with one attached hydrogen (secondary N) is 2. The number of carbonyl (C=O) groups is 1. The van der Waals surface area contributed by atoms with Crippen molar-refractivity contribution in [1.29, 1.82) is 0 Å². The zero-order valence-electron chi connectivity index (χ0n) is 12.9. The van der Waals surface area contributed by atoms with E-state index in [1.165, 1.54) is 12.8 Å². The van der Waals surface area contributed by atoms with Crippen molar-refractivity contribution in [2.75, 3.05) is 45.9 Å². The molecule has 0 spiro atoms. The largest absolute Gasteiger partial charge is 0.374 e. The van der Waals surface area contributed by atoms with E-state index in [1.54, 1.807) is 0 Å². The molecule has 0 aromatic carbocycles. The van der Waals surface area contributed by atoms with Gasteiger partial charge in [-0.25, -0.2) is 0 Å². The average molecular weight is 283 g/mol. The van der Waals surface area contributed by atoms with Crippen LogP contribution in [0.5, 0.6) is 0 Å². The summed E-state index contributed by atoms with van der Waals surface area (Å²) in [6.45, 7) is 10.3. The van der Waals surface area contributed by atoms with Gasteiger partial charge in [0.2, 0.25) is 5.91 Å². The van der Waals surface area contributed by atoms with E-state index < -0.39 is 0 Å². The number of nitrogens with zero attached hydrogens (tertiary/aromatic N) is 1. The summed E-state index contributed by atoms with van der Waals surface area (Å²) < 4.78 is 5.72. The fraction of sp³-hybridized carbons (Fsp3) is 0.933. The van der Waals surface area contributed by atoms with Crippen molar-refractivity contribution in [2.45, 2.75) is 32.8 Å². The maximum atomic E-state index is 11.7. The summed E-state index contributed by atoms with van der Waals surface area (Å²) in [6.07, 6.45) is 2.77. The normalized spacial score (nSPS) is 24.1. The highest BCUT2D eigenvalue weighted by Crippen LogP contribution is 2.27. The van der Waals surface area contributed by atoms with Gasteiger partial charge in [0, 0.05) is 26.2 Å². The summed E-state index contributed by atoms with van der Waals surface area (Å²) in [7, 11) is 0. The first-order valence-corrected chi connectivity index (χ1v) is 7.95. The minimum absolute atomic E-state index is 0.0789. The van der Waals surface area contributed by atoms with E-state index in [4.69, 9.17) is 4.74 Å². The Kier molecular flexibility index (Phi) is 6.26. The molecule has 116 valence electrons. The van der Waals surface area contributed by atoms with Crippen LogP contribution >= 0.6 is 0 Å². The summed E-state index contributed by atoms with van der Waals surface area (Å²) in [5.74, 6) is 1.57. The maximum Gasteiger partial charge on any atom is 0.234 e. The Morgan fingerprint density at radius 3 is 2.85 bits per heavy atom. The quantitative estimate of drug-likeness (QED) is 0.679. The molecule has 20 heavy (non-hydrogen) atoms. The van der Waals surface area contributed by atoms with Crippen molar-refractivity contribution in [3.05, 3.63) is 0 Å². The molecule has 1 atom stereocenters. The van der Waals surface area contributed by atoms with Gasteiger partial charge in [0.1, 0.15) is 0 Å². The molecule has 5 nitrogen and oxygen atoms in total. The summed E-state index contributed by atoms with van der Waals surface area (Å²) in [6, 6.07) is 0. The third-order valence-corrected chi connectivity index (χ3v) is 3.79. The molecule has 1 heterocycles. The smallest absolute Gasteiger partial charge is 0.234 e. The molecule has 1 aliphatic heterocycles. The van der Waals surface area contributed by atoms with Crippen molar-refractivity contribution >= 4 is 5.91 Å². The fourth-order valence-corrected chi connectivity index (χ4v) is 2.59. The molecular weight excluding hydrogens is 254 g/mol. The van der Waals surface area contributed by atoms with Gasteiger partial charge in [0.05, 0.1) is 19.3 Å². The molecule has 0 aromatic rings.